The Morgan fingerprint density at radius 3 is 2.92 bits per heavy atom. The third-order valence-corrected chi connectivity index (χ3v) is 5.12. The van der Waals surface area contributed by atoms with Crippen LogP contribution in [-0.4, -0.2) is 55.2 Å². The Kier molecular flexibility index (Phi) is 4.48. The van der Waals surface area contributed by atoms with Crippen molar-refractivity contribution in [2.24, 2.45) is 0 Å². The van der Waals surface area contributed by atoms with Crippen LogP contribution < -0.4 is 20.1 Å². The zero-order valence-corrected chi connectivity index (χ0v) is 14.1. The zero-order chi connectivity index (χ0) is 17.2. The average molecular weight is 345 g/mol. The van der Waals surface area contributed by atoms with Crippen LogP contribution in [0.1, 0.15) is 36.0 Å². The van der Waals surface area contributed by atoms with Crippen LogP contribution in [0.15, 0.2) is 18.2 Å². The van der Waals surface area contributed by atoms with E-state index in [1.807, 2.05) is 0 Å². The van der Waals surface area contributed by atoms with Gasteiger partial charge >= 0.3 is 0 Å². The van der Waals surface area contributed by atoms with Crippen LogP contribution >= 0.6 is 0 Å². The minimum atomic E-state index is -0.390. The minimum absolute atomic E-state index is 0.0553. The predicted molar refractivity (Wildman–Crippen MR) is 90.7 cm³/mol. The molecular weight excluding hydrogens is 322 g/mol. The summed E-state index contributed by atoms with van der Waals surface area (Å²) in [4.78, 5) is 27.1. The van der Waals surface area contributed by atoms with Crippen LogP contribution in [0.2, 0.25) is 0 Å². The van der Waals surface area contributed by atoms with Crippen molar-refractivity contribution >= 4 is 11.8 Å². The summed E-state index contributed by atoms with van der Waals surface area (Å²) in [5.41, 5.74) is 0.529. The summed E-state index contributed by atoms with van der Waals surface area (Å²) in [6.45, 7) is 2.42. The number of hydrogen-bond acceptors (Lipinski definition) is 5. The number of rotatable bonds is 4. The molecule has 2 atom stereocenters. The van der Waals surface area contributed by atoms with Crippen molar-refractivity contribution < 1.29 is 19.1 Å². The summed E-state index contributed by atoms with van der Waals surface area (Å²) >= 11 is 0. The van der Waals surface area contributed by atoms with Gasteiger partial charge < -0.3 is 25.0 Å². The van der Waals surface area contributed by atoms with Crippen LogP contribution in [0.3, 0.4) is 0 Å². The summed E-state index contributed by atoms with van der Waals surface area (Å²) in [6.07, 6.45) is 3.79. The van der Waals surface area contributed by atoms with Gasteiger partial charge in [-0.2, -0.15) is 0 Å². The molecule has 2 unspecified atom stereocenters. The number of benzene rings is 1. The molecule has 134 valence electrons. The summed E-state index contributed by atoms with van der Waals surface area (Å²) in [5, 5.41) is 6.37. The molecule has 25 heavy (non-hydrogen) atoms. The van der Waals surface area contributed by atoms with E-state index in [4.69, 9.17) is 9.47 Å². The Labute approximate surface area is 146 Å². The Morgan fingerprint density at radius 2 is 2.08 bits per heavy atom. The topological polar surface area (TPSA) is 79.9 Å². The van der Waals surface area contributed by atoms with Gasteiger partial charge in [0.15, 0.2) is 11.5 Å². The Morgan fingerprint density at radius 1 is 1.20 bits per heavy atom. The number of hydrogen-bond donors (Lipinski definition) is 2. The van der Waals surface area contributed by atoms with Crippen LogP contribution in [0.25, 0.3) is 0 Å². The first-order valence-corrected chi connectivity index (χ1v) is 8.94. The number of carbonyl (C=O) groups is 2. The maximum atomic E-state index is 12.9. The molecule has 0 aliphatic carbocycles. The minimum Gasteiger partial charge on any atom is -0.454 e. The molecule has 0 spiro atoms. The molecule has 2 N–H and O–H groups in total. The first-order chi connectivity index (χ1) is 12.2. The largest absolute Gasteiger partial charge is 0.454 e. The van der Waals surface area contributed by atoms with Crippen LogP contribution in [-0.2, 0) is 4.79 Å². The van der Waals surface area contributed by atoms with Crippen molar-refractivity contribution in [3.8, 4) is 11.5 Å². The number of ether oxygens (including phenoxy) is 2. The Bertz CT molecular complexity index is 672. The molecule has 0 bridgehead atoms. The second kappa shape index (κ2) is 6.92. The van der Waals surface area contributed by atoms with Gasteiger partial charge in [-0.3, -0.25) is 9.59 Å². The first-order valence-electron chi connectivity index (χ1n) is 8.94. The smallest absolute Gasteiger partial charge is 0.254 e. The number of nitrogens with zero attached hydrogens (tertiary/aromatic N) is 1. The van der Waals surface area contributed by atoms with Gasteiger partial charge in [-0.1, -0.05) is 0 Å². The molecule has 2 amide bonds. The standard InChI is InChI=1S/C18H23N3O4/c22-17(20-10-13-3-1-7-19-13)14-4-2-8-21(14)18(23)12-5-6-15-16(9-12)25-11-24-15/h5-6,9,13-14,19H,1-4,7-8,10-11H2,(H,20,22). The number of likely N-dealkylation sites (tertiary alicyclic amines) is 1. The summed E-state index contributed by atoms with van der Waals surface area (Å²) in [7, 11) is 0. The van der Waals surface area contributed by atoms with Gasteiger partial charge in [0.1, 0.15) is 6.04 Å². The van der Waals surface area contributed by atoms with E-state index in [0.717, 1.165) is 25.8 Å². The van der Waals surface area contributed by atoms with E-state index in [-0.39, 0.29) is 24.6 Å². The molecule has 4 rings (SSSR count). The van der Waals surface area contributed by atoms with E-state index < -0.39 is 0 Å². The number of nitrogens with one attached hydrogen (secondary N) is 2. The molecule has 0 aromatic heterocycles. The van der Waals surface area contributed by atoms with Crippen LogP contribution in [0.4, 0.5) is 0 Å². The fourth-order valence-corrected chi connectivity index (χ4v) is 3.75. The lowest BCUT2D eigenvalue weighted by Crippen LogP contribution is -2.48. The molecule has 3 heterocycles. The first kappa shape index (κ1) is 16.2. The fourth-order valence-electron chi connectivity index (χ4n) is 3.75. The monoisotopic (exact) mass is 345 g/mol. The molecule has 2 fully saturated rings. The summed E-state index contributed by atoms with van der Waals surface area (Å²) < 4.78 is 10.6. The van der Waals surface area contributed by atoms with E-state index in [0.29, 0.717) is 42.6 Å². The lowest BCUT2D eigenvalue weighted by molar-refractivity contribution is -0.124. The maximum absolute atomic E-state index is 12.9. The third kappa shape index (κ3) is 3.28. The third-order valence-electron chi connectivity index (χ3n) is 5.12. The van der Waals surface area contributed by atoms with Crippen molar-refractivity contribution in [2.75, 3.05) is 26.4 Å². The van der Waals surface area contributed by atoms with Crippen molar-refractivity contribution in [3.63, 3.8) is 0 Å². The lowest BCUT2D eigenvalue weighted by Gasteiger charge is -2.24. The molecule has 2 saturated heterocycles. The Balaban J connectivity index is 1.41. The number of amides is 2. The fraction of sp³-hybridized carbons (Fsp3) is 0.556. The van der Waals surface area contributed by atoms with Gasteiger partial charge in [-0.25, -0.2) is 0 Å². The van der Waals surface area contributed by atoms with Crippen molar-refractivity contribution in [3.05, 3.63) is 23.8 Å². The van der Waals surface area contributed by atoms with E-state index in [2.05, 4.69) is 10.6 Å². The van der Waals surface area contributed by atoms with Crippen LogP contribution in [0, 0.1) is 0 Å². The van der Waals surface area contributed by atoms with Gasteiger partial charge in [-0.05, 0) is 50.4 Å². The molecule has 7 nitrogen and oxygen atoms in total. The average Bonchev–Trinajstić information content (AvgIpc) is 3.39. The molecule has 3 aliphatic rings. The van der Waals surface area contributed by atoms with E-state index >= 15 is 0 Å². The Hall–Kier alpha value is -2.28. The summed E-state index contributed by atoms with van der Waals surface area (Å²) in [5.74, 6) is 1.05. The second-order valence-corrected chi connectivity index (χ2v) is 6.76. The van der Waals surface area contributed by atoms with Crippen molar-refractivity contribution in [2.45, 2.75) is 37.8 Å². The lowest BCUT2D eigenvalue weighted by atomic mass is 10.1. The quantitative estimate of drug-likeness (QED) is 0.847. The van der Waals surface area contributed by atoms with Crippen molar-refractivity contribution in [1.82, 2.24) is 15.5 Å². The van der Waals surface area contributed by atoms with E-state index in [1.54, 1.807) is 23.1 Å². The number of fused-ring (bicyclic) bond motifs is 1. The van der Waals surface area contributed by atoms with Gasteiger partial charge in [0.05, 0.1) is 0 Å². The normalized spacial score (nSPS) is 24.6. The maximum Gasteiger partial charge on any atom is 0.254 e. The summed E-state index contributed by atoms with van der Waals surface area (Å²) in [6, 6.07) is 5.13. The second-order valence-electron chi connectivity index (χ2n) is 6.76. The SMILES string of the molecule is O=C(NCC1CCCN1)C1CCCN1C(=O)c1ccc2c(c1)OCO2. The van der Waals surface area contributed by atoms with Gasteiger partial charge in [0.25, 0.3) is 5.91 Å². The van der Waals surface area contributed by atoms with Gasteiger partial charge in [-0.15, -0.1) is 0 Å². The van der Waals surface area contributed by atoms with Crippen LogP contribution in [0.5, 0.6) is 11.5 Å². The molecule has 1 aromatic rings. The molecule has 0 radical (unpaired) electrons. The number of carbonyl (C=O) groups excluding carboxylic acids is 2. The van der Waals surface area contributed by atoms with Crippen molar-refractivity contribution in [1.29, 1.82) is 0 Å². The highest BCUT2D eigenvalue weighted by atomic mass is 16.7. The predicted octanol–water partition coefficient (Wildman–Crippen LogP) is 0.888. The zero-order valence-electron chi connectivity index (χ0n) is 14.1. The highest BCUT2D eigenvalue weighted by Gasteiger charge is 2.35. The molecule has 0 saturated carbocycles. The molecule has 3 aliphatic heterocycles. The molecule has 1 aromatic carbocycles. The highest BCUT2D eigenvalue weighted by Crippen LogP contribution is 2.33. The van der Waals surface area contributed by atoms with Gasteiger partial charge in [0, 0.05) is 24.7 Å². The van der Waals surface area contributed by atoms with E-state index in [9.17, 15) is 9.59 Å². The van der Waals surface area contributed by atoms with Gasteiger partial charge in [0.2, 0.25) is 12.7 Å². The highest BCUT2D eigenvalue weighted by molar-refractivity contribution is 5.98. The molecular formula is C18H23N3O4. The molecule has 7 heteroatoms. The van der Waals surface area contributed by atoms with E-state index in [1.165, 1.54) is 0 Å².